The van der Waals surface area contributed by atoms with Crippen LogP contribution in [0.5, 0.6) is 5.75 Å². The lowest BCUT2D eigenvalue weighted by atomic mass is 10.2. The molecule has 0 spiro atoms. The van der Waals surface area contributed by atoms with Crippen molar-refractivity contribution in [3.05, 3.63) is 54.0 Å². The second-order valence-corrected chi connectivity index (χ2v) is 4.54. The van der Waals surface area contributed by atoms with Crippen molar-refractivity contribution in [3.8, 4) is 5.75 Å². The van der Waals surface area contributed by atoms with Gasteiger partial charge in [-0.05, 0) is 36.2 Å². The molecule has 2 aromatic rings. The maximum atomic E-state index is 11.5. The van der Waals surface area contributed by atoms with Crippen molar-refractivity contribution in [1.29, 1.82) is 0 Å². The Hall–Kier alpha value is -2.43. The first kappa shape index (κ1) is 15.0. The number of hydrogen-bond donors (Lipinski definition) is 2. The Bertz CT molecular complexity index is 552. The molecule has 0 bridgehead atoms. The van der Waals surface area contributed by atoms with E-state index in [-0.39, 0.29) is 6.03 Å². The van der Waals surface area contributed by atoms with Gasteiger partial charge in [-0.25, -0.2) is 4.79 Å². The maximum absolute atomic E-state index is 11.5. The first-order valence-corrected chi connectivity index (χ1v) is 7.03. The minimum Gasteiger partial charge on any atom is -0.492 e. The van der Waals surface area contributed by atoms with Crippen molar-refractivity contribution in [1.82, 2.24) is 10.6 Å². The van der Waals surface area contributed by atoms with E-state index in [1.165, 1.54) is 5.56 Å². The van der Waals surface area contributed by atoms with E-state index in [4.69, 9.17) is 9.15 Å². The molecule has 112 valence electrons. The van der Waals surface area contributed by atoms with Crippen LogP contribution in [0.3, 0.4) is 0 Å². The number of benzene rings is 1. The summed E-state index contributed by atoms with van der Waals surface area (Å²) in [6.45, 7) is 3.35. The first-order chi connectivity index (χ1) is 10.3. The Kier molecular flexibility index (Phi) is 5.70. The Morgan fingerprint density at radius 2 is 2.14 bits per heavy atom. The van der Waals surface area contributed by atoms with Crippen molar-refractivity contribution < 1.29 is 13.9 Å². The number of urea groups is 1. The topological polar surface area (TPSA) is 63.5 Å². The van der Waals surface area contributed by atoms with Gasteiger partial charge in [-0.2, -0.15) is 0 Å². The number of nitrogens with one attached hydrogen (secondary N) is 2. The van der Waals surface area contributed by atoms with Gasteiger partial charge in [-0.3, -0.25) is 0 Å². The van der Waals surface area contributed by atoms with E-state index in [9.17, 15) is 4.79 Å². The molecular weight excluding hydrogens is 268 g/mol. The molecule has 0 radical (unpaired) electrons. The van der Waals surface area contributed by atoms with Gasteiger partial charge in [0.1, 0.15) is 18.1 Å². The normalized spacial score (nSPS) is 10.1. The van der Waals surface area contributed by atoms with Crippen molar-refractivity contribution in [2.75, 3.05) is 13.2 Å². The molecule has 2 N–H and O–H groups in total. The smallest absolute Gasteiger partial charge is 0.315 e. The van der Waals surface area contributed by atoms with E-state index >= 15 is 0 Å². The number of rotatable bonds is 7. The highest BCUT2D eigenvalue weighted by Crippen LogP contribution is 2.13. The summed E-state index contributed by atoms with van der Waals surface area (Å²) in [6, 6.07) is 11.3. The average Bonchev–Trinajstić information content (AvgIpc) is 3.03. The van der Waals surface area contributed by atoms with E-state index < -0.39 is 0 Å². The van der Waals surface area contributed by atoms with Crippen LogP contribution >= 0.6 is 0 Å². The third kappa shape index (κ3) is 5.22. The lowest BCUT2D eigenvalue weighted by molar-refractivity contribution is 0.235. The molecule has 1 aromatic carbocycles. The lowest BCUT2D eigenvalue weighted by Gasteiger charge is -2.09. The molecule has 2 amide bonds. The molecule has 1 heterocycles. The lowest BCUT2D eigenvalue weighted by Crippen LogP contribution is -2.37. The second kappa shape index (κ2) is 7.99. The molecule has 0 saturated carbocycles. The summed E-state index contributed by atoms with van der Waals surface area (Å²) in [5, 5.41) is 5.43. The first-order valence-electron chi connectivity index (χ1n) is 7.03. The Morgan fingerprint density at radius 1 is 1.24 bits per heavy atom. The molecule has 2 rings (SSSR count). The summed E-state index contributed by atoms with van der Waals surface area (Å²) < 4.78 is 10.7. The fourth-order valence-corrected chi connectivity index (χ4v) is 1.83. The fraction of sp³-hybridized carbons (Fsp3) is 0.312. The minimum atomic E-state index is -0.239. The van der Waals surface area contributed by atoms with Gasteiger partial charge in [0.2, 0.25) is 0 Å². The molecule has 0 aliphatic rings. The summed E-state index contributed by atoms with van der Waals surface area (Å²) in [4.78, 5) is 11.5. The number of carbonyl (C=O) groups is 1. The highest BCUT2D eigenvalue weighted by molar-refractivity contribution is 5.73. The SMILES string of the molecule is CCc1cccc(OCCNC(=O)NCc2ccco2)c1. The van der Waals surface area contributed by atoms with Gasteiger partial charge in [0.05, 0.1) is 19.4 Å². The second-order valence-electron chi connectivity index (χ2n) is 4.54. The molecule has 0 unspecified atom stereocenters. The Labute approximate surface area is 124 Å². The zero-order chi connectivity index (χ0) is 14.9. The molecule has 0 saturated heterocycles. The van der Waals surface area contributed by atoms with Gasteiger partial charge in [0.15, 0.2) is 0 Å². The van der Waals surface area contributed by atoms with Crippen molar-refractivity contribution >= 4 is 6.03 Å². The molecule has 21 heavy (non-hydrogen) atoms. The number of amides is 2. The van der Waals surface area contributed by atoms with Gasteiger partial charge >= 0.3 is 6.03 Å². The zero-order valence-electron chi connectivity index (χ0n) is 12.1. The number of ether oxygens (including phenoxy) is 1. The molecule has 0 aliphatic carbocycles. The van der Waals surface area contributed by atoms with E-state index in [2.05, 4.69) is 23.6 Å². The van der Waals surface area contributed by atoms with Gasteiger partial charge in [0.25, 0.3) is 0 Å². The van der Waals surface area contributed by atoms with E-state index in [1.807, 2.05) is 24.3 Å². The minimum absolute atomic E-state index is 0.239. The van der Waals surface area contributed by atoms with Crippen LogP contribution in [0.15, 0.2) is 47.1 Å². The predicted octanol–water partition coefficient (Wildman–Crippen LogP) is 2.72. The summed E-state index contributed by atoms with van der Waals surface area (Å²) in [6.07, 6.45) is 2.55. The van der Waals surface area contributed by atoms with E-state index in [0.717, 1.165) is 17.9 Å². The fourth-order valence-electron chi connectivity index (χ4n) is 1.83. The van der Waals surface area contributed by atoms with Crippen LogP contribution < -0.4 is 15.4 Å². The van der Waals surface area contributed by atoms with Crippen molar-refractivity contribution in [2.24, 2.45) is 0 Å². The van der Waals surface area contributed by atoms with Crippen molar-refractivity contribution in [2.45, 2.75) is 19.9 Å². The highest BCUT2D eigenvalue weighted by Gasteiger charge is 2.01. The van der Waals surface area contributed by atoms with Gasteiger partial charge in [-0.1, -0.05) is 19.1 Å². The molecule has 0 aliphatic heterocycles. The number of carbonyl (C=O) groups excluding carboxylic acids is 1. The molecule has 5 nitrogen and oxygen atoms in total. The number of aryl methyl sites for hydroxylation is 1. The molecule has 0 atom stereocenters. The van der Waals surface area contributed by atoms with Gasteiger partial charge < -0.3 is 19.8 Å². The third-order valence-corrected chi connectivity index (χ3v) is 2.97. The third-order valence-electron chi connectivity index (χ3n) is 2.97. The van der Waals surface area contributed by atoms with Gasteiger partial charge in [0, 0.05) is 0 Å². The predicted molar refractivity (Wildman–Crippen MR) is 80.3 cm³/mol. The summed E-state index contributed by atoms with van der Waals surface area (Å²) in [5.41, 5.74) is 1.23. The largest absolute Gasteiger partial charge is 0.492 e. The summed E-state index contributed by atoms with van der Waals surface area (Å²) in [5.74, 6) is 1.55. The standard InChI is InChI=1S/C16H20N2O3/c1-2-13-5-3-6-14(11-13)21-10-8-17-16(19)18-12-15-7-4-9-20-15/h3-7,9,11H,2,8,10,12H2,1H3,(H2,17,18,19). The van der Waals surface area contributed by atoms with Gasteiger partial charge in [-0.15, -0.1) is 0 Å². The molecular formula is C16H20N2O3. The molecule has 0 fully saturated rings. The van der Waals surface area contributed by atoms with Crippen LogP contribution in [0.1, 0.15) is 18.2 Å². The van der Waals surface area contributed by atoms with E-state index in [1.54, 1.807) is 12.3 Å². The van der Waals surface area contributed by atoms with Crippen LogP contribution in [-0.4, -0.2) is 19.2 Å². The van der Waals surface area contributed by atoms with Crippen LogP contribution in [0.4, 0.5) is 4.79 Å². The number of hydrogen-bond acceptors (Lipinski definition) is 3. The molecule has 5 heteroatoms. The van der Waals surface area contributed by atoms with E-state index in [0.29, 0.717) is 19.7 Å². The average molecular weight is 288 g/mol. The van der Waals surface area contributed by atoms with Crippen LogP contribution in [0.2, 0.25) is 0 Å². The zero-order valence-corrected chi connectivity index (χ0v) is 12.1. The summed E-state index contributed by atoms with van der Waals surface area (Å²) >= 11 is 0. The Balaban J connectivity index is 1.61. The monoisotopic (exact) mass is 288 g/mol. The van der Waals surface area contributed by atoms with Crippen LogP contribution in [0.25, 0.3) is 0 Å². The Morgan fingerprint density at radius 3 is 2.90 bits per heavy atom. The van der Waals surface area contributed by atoms with Crippen molar-refractivity contribution in [3.63, 3.8) is 0 Å². The van der Waals surface area contributed by atoms with Crippen LogP contribution in [0, 0.1) is 0 Å². The van der Waals surface area contributed by atoms with Crippen LogP contribution in [-0.2, 0) is 13.0 Å². The number of furan rings is 1. The highest BCUT2D eigenvalue weighted by atomic mass is 16.5. The molecule has 1 aromatic heterocycles. The quantitative estimate of drug-likeness (QED) is 0.770. The summed E-state index contributed by atoms with van der Waals surface area (Å²) in [7, 11) is 0. The maximum Gasteiger partial charge on any atom is 0.315 e.